The van der Waals surface area contributed by atoms with E-state index in [0.29, 0.717) is 12.6 Å². The van der Waals surface area contributed by atoms with E-state index in [0.717, 1.165) is 50.6 Å². The molecule has 0 radical (unpaired) electrons. The molecule has 168 valence electrons. The molecule has 0 aromatic heterocycles. The van der Waals surface area contributed by atoms with Crippen LogP contribution in [0, 0.1) is 10.1 Å². The van der Waals surface area contributed by atoms with Gasteiger partial charge in [0.15, 0.2) is 5.96 Å². The number of benzene rings is 1. The van der Waals surface area contributed by atoms with Crippen molar-refractivity contribution >= 4 is 35.6 Å². The maximum atomic E-state index is 10.8. The van der Waals surface area contributed by atoms with E-state index in [1.54, 1.807) is 12.1 Å². The number of hydrogen-bond acceptors (Lipinski definition) is 5. The topological polar surface area (TPSA) is 92.0 Å². The minimum atomic E-state index is -0.382. The van der Waals surface area contributed by atoms with E-state index in [1.165, 1.54) is 37.9 Å². The molecule has 1 aromatic rings. The maximum Gasteiger partial charge on any atom is 0.269 e. The Labute approximate surface area is 196 Å². The number of nitrogens with zero attached hydrogens (tertiary/aromatic N) is 3. The number of nitro groups is 1. The standard InChI is InChI=1S/C21H33N5O3.HI/c1-2-25-12-5-6-19(25)15-23-21(24-16-20-7-3-4-13-29-20)22-14-17-8-10-18(11-9-17)26(27)28;/h8-11,19-20H,2-7,12-16H2,1H3,(H2,22,23,24);1H. The highest BCUT2D eigenvalue weighted by Gasteiger charge is 2.23. The van der Waals surface area contributed by atoms with Gasteiger partial charge in [-0.1, -0.05) is 19.1 Å². The van der Waals surface area contributed by atoms with E-state index >= 15 is 0 Å². The summed E-state index contributed by atoms with van der Waals surface area (Å²) in [5.41, 5.74) is 1.05. The number of rotatable bonds is 8. The lowest BCUT2D eigenvalue weighted by Gasteiger charge is -2.26. The van der Waals surface area contributed by atoms with Crippen molar-refractivity contribution in [2.75, 3.05) is 32.8 Å². The van der Waals surface area contributed by atoms with Crippen LogP contribution in [0.1, 0.15) is 44.6 Å². The number of nitro benzene ring substituents is 1. The highest BCUT2D eigenvalue weighted by Crippen LogP contribution is 2.16. The molecule has 3 rings (SSSR count). The molecule has 2 aliphatic heterocycles. The van der Waals surface area contributed by atoms with Gasteiger partial charge in [-0.05, 0) is 50.8 Å². The Morgan fingerprint density at radius 3 is 2.63 bits per heavy atom. The zero-order valence-electron chi connectivity index (χ0n) is 17.7. The third-order valence-electron chi connectivity index (χ3n) is 5.75. The quantitative estimate of drug-likeness (QED) is 0.176. The summed E-state index contributed by atoms with van der Waals surface area (Å²) >= 11 is 0. The van der Waals surface area contributed by atoms with Crippen molar-refractivity contribution in [3.05, 3.63) is 39.9 Å². The Bertz CT molecular complexity index is 680. The van der Waals surface area contributed by atoms with Crippen LogP contribution in [-0.4, -0.2) is 60.7 Å². The van der Waals surface area contributed by atoms with Crippen molar-refractivity contribution in [3.63, 3.8) is 0 Å². The van der Waals surface area contributed by atoms with Crippen LogP contribution in [0.15, 0.2) is 29.3 Å². The summed E-state index contributed by atoms with van der Waals surface area (Å²) in [7, 11) is 0. The van der Waals surface area contributed by atoms with Crippen molar-refractivity contribution in [1.82, 2.24) is 15.5 Å². The van der Waals surface area contributed by atoms with Crippen LogP contribution < -0.4 is 10.6 Å². The lowest BCUT2D eigenvalue weighted by Crippen LogP contribution is -2.47. The van der Waals surface area contributed by atoms with Gasteiger partial charge in [0.25, 0.3) is 5.69 Å². The highest BCUT2D eigenvalue weighted by molar-refractivity contribution is 14.0. The van der Waals surface area contributed by atoms with Gasteiger partial charge in [0.1, 0.15) is 0 Å². The van der Waals surface area contributed by atoms with Gasteiger partial charge in [0.05, 0.1) is 17.6 Å². The third kappa shape index (κ3) is 7.66. The van der Waals surface area contributed by atoms with E-state index in [2.05, 4.69) is 22.5 Å². The van der Waals surface area contributed by atoms with E-state index in [-0.39, 0.29) is 40.7 Å². The molecule has 9 heteroatoms. The summed E-state index contributed by atoms with van der Waals surface area (Å²) in [5.74, 6) is 0.778. The lowest BCUT2D eigenvalue weighted by atomic mass is 10.1. The Morgan fingerprint density at radius 2 is 1.97 bits per heavy atom. The van der Waals surface area contributed by atoms with Crippen molar-refractivity contribution in [1.29, 1.82) is 0 Å². The number of likely N-dealkylation sites (N-methyl/N-ethyl adjacent to an activating group) is 1. The fourth-order valence-electron chi connectivity index (χ4n) is 4.00. The van der Waals surface area contributed by atoms with Gasteiger partial charge in [0.2, 0.25) is 0 Å². The minimum absolute atomic E-state index is 0. The van der Waals surface area contributed by atoms with Gasteiger partial charge in [-0.3, -0.25) is 15.0 Å². The number of nitrogens with one attached hydrogen (secondary N) is 2. The van der Waals surface area contributed by atoms with Crippen molar-refractivity contribution in [3.8, 4) is 0 Å². The van der Waals surface area contributed by atoms with E-state index in [9.17, 15) is 10.1 Å². The Morgan fingerprint density at radius 1 is 1.20 bits per heavy atom. The zero-order valence-corrected chi connectivity index (χ0v) is 20.0. The van der Waals surface area contributed by atoms with Crippen molar-refractivity contribution < 1.29 is 9.66 Å². The first-order valence-corrected chi connectivity index (χ1v) is 10.8. The smallest absolute Gasteiger partial charge is 0.269 e. The summed E-state index contributed by atoms with van der Waals surface area (Å²) in [4.78, 5) is 17.7. The van der Waals surface area contributed by atoms with Gasteiger partial charge in [-0.2, -0.15) is 0 Å². The number of non-ortho nitro benzene ring substituents is 1. The first-order chi connectivity index (χ1) is 14.2. The number of hydrogen-bond donors (Lipinski definition) is 2. The number of likely N-dealkylation sites (tertiary alicyclic amines) is 1. The Balaban J connectivity index is 0.00000320. The molecule has 1 aromatic carbocycles. The molecule has 2 aliphatic rings. The van der Waals surface area contributed by atoms with Gasteiger partial charge in [-0.25, -0.2) is 4.99 Å². The molecule has 2 heterocycles. The summed E-state index contributed by atoms with van der Waals surface area (Å²) in [6.45, 7) is 7.37. The summed E-state index contributed by atoms with van der Waals surface area (Å²) in [6.07, 6.45) is 6.12. The van der Waals surface area contributed by atoms with Crippen LogP contribution in [0.4, 0.5) is 5.69 Å². The van der Waals surface area contributed by atoms with E-state index < -0.39 is 0 Å². The normalized spacial score (nSPS) is 22.4. The molecule has 2 unspecified atom stereocenters. The maximum absolute atomic E-state index is 10.8. The molecule has 0 saturated carbocycles. The van der Waals surface area contributed by atoms with Crippen LogP contribution >= 0.6 is 24.0 Å². The van der Waals surface area contributed by atoms with E-state index in [1.807, 2.05) is 0 Å². The van der Waals surface area contributed by atoms with Crippen LogP contribution in [-0.2, 0) is 11.3 Å². The second-order valence-electron chi connectivity index (χ2n) is 7.76. The summed E-state index contributed by atoms with van der Waals surface area (Å²) < 4.78 is 5.82. The third-order valence-corrected chi connectivity index (χ3v) is 5.75. The molecule has 0 aliphatic carbocycles. The van der Waals surface area contributed by atoms with Crippen molar-refractivity contribution in [2.45, 2.75) is 57.7 Å². The van der Waals surface area contributed by atoms with Gasteiger partial charge < -0.3 is 15.4 Å². The monoisotopic (exact) mass is 531 g/mol. The number of guanidine groups is 1. The molecule has 0 spiro atoms. The lowest BCUT2D eigenvalue weighted by molar-refractivity contribution is -0.384. The predicted octanol–water partition coefficient (Wildman–Crippen LogP) is 3.30. The molecule has 30 heavy (non-hydrogen) atoms. The molecule has 2 saturated heterocycles. The van der Waals surface area contributed by atoms with Crippen LogP contribution in [0.5, 0.6) is 0 Å². The SMILES string of the molecule is CCN1CCCC1CNC(=NCc1ccc([N+](=O)[O-])cc1)NCC1CCCCO1.I. The fourth-order valence-corrected chi connectivity index (χ4v) is 4.00. The first-order valence-electron chi connectivity index (χ1n) is 10.8. The fraction of sp³-hybridized carbons (Fsp3) is 0.667. The van der Waals surface area contributed by atoms with Crippen LogP contribution in [0.2, 0.25) is 0 Å². The largest absolute Gasteiger partial charge is 0.376 e. The number of halogens is 1. The molecular formula is C21H34IN5O3. The van der Waals surface area contributed by atoms with Crippen molar-refractivity contribution in [2.24, 2.45) is 4.99 Å². The predicted molar refractivity (Wildman–Crippen MR) is 130 cm³/mol. The molecule has 2 atom stereocenters. The first kappa shape index (κ1) is 24.8. The number of ether oxygens (including phenoxy) is 1. The molecule has 2 N–H and O–H groups in total. The second kappa shape index (κ2) is 13.1. The zero-order chi connectivity index (χ0) is 20.5. The van der Waals surface area contributed by atoms with Gasteiger partial charge in [-0.15, -0.1) is 24.0 Å². The summed E-state index contributed by atoms with van der Waals surface area (Å²) in [5, 5.41) is 17.8. The number of aliphatic imine (C=N–C) groups is 1. The van der Waals surface area contributed by atoms with Crippen LogP contribution in [0.25, 0.3) is 0 Å². The van der Waals surface area contributed by atoms with Gasteiger partial charge in [0, 0.05) is 37.9 Å². The second-order valence-corrected chi connectivity index (χ2v) is 7.76. The average Bonchev–Trinajstić information content (AvgIpc) is 3.22. The van der Waals surface area contributed by atoms with Gasteiger partial charge >= 0.3 is 0 Å². The van der Waals surface area contributed by atoms with E-state index in [4.69, 9.17) is 9.73 Å². The minimum Gasteiger partial charge on any atom is -0.376 e. The Hall–Kier alpha value is -1.46. The Kier molecular flexibility index (Phi) is 10.8. The average molecular weight is 531 g/mol. The molecule has 0 bridgehead atoms. The molecular weight excluding hydrogens is 497 g/mol. The highest BCUT2D eigenvalue weighted by atomic mass is 127. The molecule has 0 amide bonds. The molecule has 2 fully saturated rings. The summed E-state index contributed by atoms with van der Waals surface area (Å²) in [6, 6.07) is 7.12. The molecule has 8 nitrogen and oxygen atoms in total. The van der Waals surface area contributed by atoms with Crippen LogP contribution in [0.3, 0.4) is 0 Å².